The van der Waals surface area contributed by atoms with Crippen LogP contribution in [-0.4, -0.2) is 28.4 Å². The zero-order valence-electron chi connectivity index (χ0n) is 12.3. The van der Waals surface area contributed by atoms with Gasteiger partial charge in [0.05, 0.1) is 28.5 Å². The predicted molar refractivity (Wildman–Crippen MR) is 87.4 cm³/mol. The van der Waals surface area contributed by atoms with Gasteiger partial charge >= 0.3 is 0 Å². The van der Waals surface area contributed by atoms with Crippen molar-refractivity contribution in [2.24, 2.45) is 0 Å². The molecule has 0 saturated carbocycles. The minimum atomic E-state index is -0.0617. The van der Waals surface area contributed by atoms with Crippen molar-refractivity contribution in [3.8, 4) is 0 Å². The molecule has 0 N–H and O–H groups in total. The van der Waals surface area contributed by atoms with E-state index in [2.05, 4.69) is 10.1 Å². The van der Waals surface area contributed by atoms with Gasteiger partial charge in [-0.05, 0) is 13.3 Å². The quantitative estimate of drug-likeness (QED) is 0.734. The van der Waals surface area contributed by atoms with Crippen LogP contribution in [0.15, 0.2) is 22.4 Å². The summed E-state index contributed by atoms with van der Waals surface area (Å²) in [6, 6.07) is 1.63. The van der Waals surface area contributed by atoms with Crippen LogP contribution in [0.1, 0.15) is 24.0 Å². The van der Waals surface area contributed by atoms with Crippen molar-refractivity contribution in [1.82, 2.24) is 14.8 Å². The van der Waals surface area contributed by atoms with Crippen LogP contribution in [-0.2, 0) is 18.8 Å². The third kappa shape index (κ3) is 4.28. The van der Waals surface area contributed by atoms with Gasteiger partial charge in [-0.15, -0.1) is 22.9 Å². The standard InChI is InChI=1S/C14H19ClN4OS/c1-3-18(2)12-7-14(20)19(16-9-12)6-4-5-13-17-11(8-15)10-21-13/h7,9-10H,3-6,8H2,1-2H3. The van der Waals surface area contributed by atoms with Crippen LogP contribution in [0.3, 0.4) is 0 Å². The molecule has 0 aliphatic carbocycles. The van der Waals surface area contributed by atoms with Crippen LogP contribution in [0.5, 0.6) is 0 Å². The molecule has 2 rings (SSSR count). The average molecular weight is 327 g/mol. The van der Waals surface area contributed by atoms with Crippen molar-refractivity contribution >= 4 is 28.6 Å². The van der Waals surface area contributed by atoms with E-state index in [0.717, 1.165) is 35.8 Å². The summed E-state index contributed by atoms with van der Waals surface area (Å²) < 4.78 is 1.50. The van der Waals surface area contributed by atoms with E-state index in [-0.39, 0.29) is 5.56 Å². The van der Waals surface area contributed by atoms with Gasteiger partial charge in [-0.3, -0.25) is 4.79 Å². The van der Waals surface area contributed by atoms with E-state index in [4.69, 9.17) is 11.6 Å². The maximum absolute atomic E-state index is 12.0. The van der Waals surface area contributed by atoms with E-state index in [1.807, 2.05) is 24.3 Å². The first kappa shape index (κ1) is 16.0. The van der Waals surface area contributed by atoms with Crippen molar-refractivity contribution in [2.45, 2.75) is 32.2 Å². The fraction of sp³-hybridized carbons (Fsp3) is 0.500. The highest BCUT2D eigenvalue weighted by Crippen LogP contribution is 2.13. The Kier molecular flexibility index (Phi) is 5.76. The number of rotatable bonds is 7. The third-order valence-corrected chi connectivity index (χ3v) is 4.50. The maximum atomic E-state index is 12.0. The topological polar surface area (TPSA) is 51.0 Å². The van der Waals surface area contributed by atoms with Crippen molar-refractivity contribution in [3.05, 3.63) is 38.7 Å². The Morgan fingerprint density at radius 1 is 1.48 bits per heavy atom. The molecule has 7 heteroatoms. The van der Waals surface area contributed by atoms with Gasteiger partial charge in [-0.1, -0.05) is 0 Å². The molecule has 0 radical (unpaired) electrons. The molecule has 2 aromatic rings. The number of thiazole rings is 1. The second-order valence-electron chi connectivity index (χ2n) is 4.76. The fourth-order valence-electron chi connectivity index (χ4n) is 1.89. The Bertz CT molecular complexity index is 640. The van der Waals surface area contributed by atoms with Gasteiger partial charge in [0.15, 0.2) is 0 Å². The monoisotopic (exact) mass is 326 g/mol. The normalized spacial score (nSPS) is 10.8. The number of hydrogen-bond donors (Lipinski definition) is 0. The number of nitrogens with zero attached hydrogens (tertiary/aromatic N) is 4. The molecule has 0 aliphatic rings. The molecule has 0 spiro atoms. The molecule has 0 saturated heterocycles. The van der Waals surface area contributed by atoms with E-state index in [0.29, 0.717) is 12.4 Å². The van der Waals surface area contributed by atoms with E-state index in [1.54, 1.807) is 23.6 Å². The molecule has 114 valence electrons. The zero-order valence-corrected chi connectivity index (χ0v) is 13.8. The largest absolute Gasteiger partial charge is 0.373 e. The first-order chi connectivity index (χ1) is 10.1. The molecule has 2 aromatic heterocycles. The molecule has 21 heavy (non-hydrogen) atoms. The van der Waals surface area contributed by atoms with Gasteiger partial charge in [0.25, 0.3) is 5.56 Å². The Labute approximate surface area is 133 Å². The number of halogens is 1. The van der Waals surface area contributed by atoms with E-state index >= 15 is 0 Å². The first-order valence-corrected chi connectivity index (χ1v) is 8.33. The minimum absolute atomic E-state index is 0.0617. The number of hydrogen-bond acceptors (Lipinski definition) is 5. The Balaban J connectivity index is 1.92. The molecule has 0 bridgehead atoms. The molecule has 0 unspecified atom stereocenters. The summed E-state index contributed by atoms with van der Waals surface area (Å²) in [5, 5.41) is 7.26. The minimum Gasteiger partial charge on any atom is -0.373 e. The average Bonchev–Trinajstić information content (AvgIpc) is 2.96. The zero-order chi connectivity index (χ0) is 15.2. The summed E-state index contributed by atoms with van der Waals surface area (Å²) in [7, 11) is 1.94. The van der Waals surface area contributed by atoms with Crippen molar-refractivity contribution < 1.29 is 0 Å². The highest BCUT2D eigenvalue weighted by atomic mass is 35.5. The third-order valence-electron chi connectivity index (χ3n) is 3.27. The summed E-state index contributed by atoms with van der Waals surface area (Å²) in [5.74, 6) is 0.448. The molecule has 5 nitrogen and oxygen atoms in total. The molecule has 2 heterocycles. The first-order valence-electron chi connectivity index (χ1n) is 6.91. The van der Waals surface area contributed by atoms with Gasteiger partial charge < -0.3 is 4.90 Å². The van der Waals surface area contributed by atoms with E-state index in [1.165, 1.54) is 4.68 Å². The smallest absolute Gasteiger partial charge is 0.268 e. The predicted octanol–water partition coefficient (Wildman–Crippen LogP) is 2.53. The molecule has 0 fully saturated rings. The Morgan fingerprint density at radius 2 is 2.29 bits per heavy atom. The molecule has 0 aromatic carbocycles. The fourth-order valence-corrected chi connectivity index (χ4v) is 2.96. The summed E-state index contributed by atoms with van der Waals surface area (Å²) >= 11 is 7.34. The number of anilines is 1. The van der Waals surface area contributed by atoms with Gasteiger partial charge in [0, 0.05) is 38.0 Å². The lowest BCUT2D eigenvalue weighted by Gasteiger charge is -2.16. The van der Waals surface area contributed by atoms with Crippen molar-refractivity contribution in [2.75, 3.05) is 18.5 Å². The second kappa shape index (κ2) is 7.56. The summed E-state index contributed by atoms with van der Waals surface area (Å²) in [6.45, 7) is 3.48. The molecule has 0 atom stereocenters. The molecular weight excluding hydrogens is 308 g/mol. The van der Waals surface area contributed by atoms with Crippen LogP contribution in [0.2, 0.25) is 0 Å². The van der Waals surface area contributed by atoms with Crippen molar-refractivity contribution in [3.63, 3.8) is 0 Å². The van der Waals surface area contributed by atoms with Crippen LogP contribution >= 0.6 is 22.9 Å². The molecule has 0 amide bonds. The van der Waals surface area contributed by atoms with Crippen LogP contribution in [0.4, 0.5) is 5.69 Å². The van der Waals surface area contributed by atoms with E-state index < -0.39 is 0 Å². The highest BCUT2D eigenvalue weighted by molar-refractivity contribution is 7.09. The lowest BCUT2D eigenvalue weighted by molar-refractivity contribution is 0.547. The number of alkyl halides is 1. The molecular formula is C14H19ClN4OS. The summed E-state index contributed by atoms with van der Waals surface area (Å²) in [5.41, 5.74) is 1.71. The summed E-state index contributed by atoms with van der Waals surface area (Å²) in [6.07, 6.45) is 3.41. The summed E-state index contributed by atoms with van der Waals surface area (Å²) in [4.78, 5) is 18.4. The van der Waals surface area contributed by atoms with Crippen molar-refractivity contribution in [1.29, 1.82) is 0 Å². The maximum Gasteiger partial charge on any atom is 0.268 e. The van der Waals surface area contributed by atoms with Crippen LogP contribution in [0.25, 0.3) is 0 Å². The van der Waals surface area contributed by atoms with Crippen LogP contribution < -0.4 is 10.5 Å². The lowest BCUT2D eigenvalue weighted by atomic mass is 10.3. The highest BCUT2D eigenvalue weighted by Gasteiger charge is 2.05. The van der Waals surface area contributed by atoms with E-state index in [9.17, 15) is 4.79 Å². The Morgan fingerprint density at radius 3 is 2.90 bits per heavy atom. The molecule has 0 aliphatic heterocycles. The van der Waals surface area contributed by atoms with Gasteiger partial charge in [-0.2, -0.15) is 5.10 Å². The van der Waals surface area contributed by atoms with Gasteiger partial charge in [0.1, 0.15) is 0 Å². The lowest BCUT2D eigenvalue weighted by Crippen LogP contribution is -2.25. The van der Waals surface area contributed by atoms with Crippen LogP contribution in [0, 0.1) is 0 Å². The second-order valence-corrected chi connectivity index (χ2v) is 5.97. The van der Waals surface area contributed by atoms with Gasteiger partial charge in [0.2, 0.25) is 0 Å². The Hall–Kier alpha value is -1.40. The SMILES string of the molecule is CCN(C)c1cnn(CCCc2nc(CCl)cs2)c(=O)c1. The number of aromatic nitrogens is 3. The van der Waals surface area contributed by atoms with Gasteiger partial charge in [-0.25, -0.2) is 9.67 Å². The number of aryl methyl sites for hydroxylation is 2.